The monoisotopic (exact) mass is 458 g/mol. The number of hydrogen-bond donors (Lipinski definition) is 1. The maximum atomic E-state index is 12.5. The standard InChI is InChI=1S/C23H20Cl2N2O2S/c1-14(20-18(24)10-5-11-19(20)25)21-15(2)22(28)27-23(26-21)30-12-6-8-16-7-4-9-17(13-16)29-3/h4-5,7,9-11,13-14H,12H2,1-3H3,(H,26,27,28). The molecule has 0 fully saturated rings. The molecule has 3 aromatic rings. The lowest BCUT2D eigenvalue weighted by molar-refractivity contribution is 0.414. The van der Waals surface area contributed by atoms with Crippen LogP contribution in [0.4, 0.5) is 0 Å². The third kappa shape index (κ3) is 5.20. The van der Waals surface area contributed by atoms with Gasteiger partial charge in [-0.15, -0.1) is 0 Å². The van der Waals surface area contributed by atoms with Crippen molar-refractivity contribution < 1.29 is 4.74 Å². The lowest BCUT2D eigenvalue weighted by Gasteiger charge is -2.17. The number of hydrogen-bond acceptors (Lipinski definition) is 4. The van der Waals surface area contributed by atoms with Gasteiger partial charge in [0.05, 0.1) is 18.6 Å². The minimum atomic E-state index is -0.226. The summed E-state index contributed by atoms with van der Waals surface area (Å²) in [6.45, 7) is 3.69. The molecular formula is C23H20Cl2N2O2S. The van der Waals surface area contributed by atoms with E-state index in [0.29, 0.717) is 32.2 Å². The Kier molecular flexibility index (Phi) is 7.49. The van der Waals surface area contributed by atoms with Crippen LogP contribution in [0, 0.1) is 18.8 Å². The predicted octanol–water partition coefficient (Wildman–Crippen LogP) is 5.69. The van der Waals surface area contributed by atoms with Crippen molar-refractivity contribution in [3.8, 4) is 17.6 Å². The molecule has 4 nitrogen and oxygen atoms in total. The Hall–Kier alpha value is -2.39. The van der Waals surface area contributed by atoms with E-state index in [1.54, 1.807) is 32.2 Å². The van der Waals surface area contributed by atoms with Gasteiger partial charge in [-0.2, -0.15) is 0 Å². The van der Waals surface area contributed by atoms with Crippen LogP contribution in [0.1, 0.15) is 35.2 Å². The number of H-pyrrole nitrogens is 1. The molecule has 0 amide bonds. The largest absolute Gasteiger partial charge is 0.497 e. The Balaban J connectivity index is 1.82. The van der Waals surface area contributed by atoms with Crippen molar-refractivity contribution in [3.05, 3.63) is 85.2 Å². The summed E-state index contributed by atoms with van der Waals surface area (Å²) in [6.07, 6.45) is 0. The van der Waals surface area contributed by atoms with Crippen LogP contribution in [0.25, 0.3) is 0 Å². The molecule has 3 rings (SSSR count). The molecule has 7 heteroatoms. The van der Waals surface area contributed by atoms with Crippen LogP contribution in [0.15, 0.2) is 52.4 Å². The molecule has 1 atom stereocenters. The molecule has 1 unspecified atom stereocenters. The van der Waals surface area contributed by atoms with Gasteiger partial charge in [-0.1, -0.05) is 65.9 Å². The van der Waals surface area contributed by atoms with E-state index in [9.17, 15) is 4.79 Å². The first kappa shape index (κ1) is 22.3. The first-order valence-electron chi connectivity index (χ1n) is 9.21. The Labute approximate surface area is 190 Å². The second kappa shape index (κ2) is 10.1. The number of methoxy groups -OCH3 is 1. The predicted molar refractivity (Wildman–Crippen MR) is 124 cm³/mol. The van der Waals surface area contributed by atoms with E-state index < -0.39 is 0 Å². The van der Waals surface area contributed by atoms with Gasteiger partial charge >= 0.3 is 0 Å². The van der Waals surface area contributed by atoms with Crippen molar-refractivity contribution in [3.63, 3.8) is 0 Å². The number of ether oxygens (including phenoxy) is 1. The van der Waals surface area contributed by atoms with E-state index >= 15 is 0 Å². The lowest BCUT2D eigenvalue weighted by atomic mass is 9.95. The van der Waals surface area contributed by atoms with Crippen LogP contribution in [0.3, 0.4) is 0 Å². The SMILES string of the molecule is COc1cccc(C#CCSc2nc(C(C)c3c(Cl)cccc3Cl)c(C)c(=O)[nH]2)c1. The third-order valence-corrected chi connectivity index (χ3v) is 6.01. The van der Waals surface area contributed by atoms with Gasteiger partial charge in [-0.05, 0) is 42.8 Å². The van der Waals surface area contributed by atoms with E-state index in [1.165, 1.54) is 11.8 Å². The number of aromatic amines is 1. The second-order valence-corrected chi connectivity index (χ2v) is 8.34. The fourth-order valence-corrected chi connectivity index (χ4v) is 4.36. The molecule has 0 spiro atoms. The summed E-state index contributed by atoms with van der Waals surface area (Å²) >= 11 is 14.1. The van der Waals surface area contributed by atoms with E-state index in [1.807, 2.05) is 31.2 Å². The fraction of sp³-hybridized carbons (Fsp3) is 0.217. The van der Waals surface area contributed by atoms with E-state index in [4.69, 9.17) is 27.9 Å². The zero-order valence-corrected chi connectivity index (χ0v) is 19.1. The molecule has 1 heterocycles. The molecule has 1 aromatic heterocycles. The number of nitrogens with one attached hydrogen (secondary N) is 1. The molecule has 0 aliphatic heterocycles. The lowest BCUT2D eigenvalue weighted by Crippen LogP contribution is -2.18. The van der Waals surface area contributed by atoms with Crippen LogP contribution in [-0.4, -0.2) is 22.8 Å². The van der Waals surface area contributed by atoms with Crippen molar-refractivity contribution in [2.45, 2.75) is 24.9 Å². The molecule has 0 aliphatic rings. The van der Waals surface area contributed by atoms with Crippen molar-refractivity contribution in [1.82, 2.24) is 9.97 Å². The number of halogens is 2. The number of rotatable bonds is 5. The van der Waals surface area contributed by atoms with Gasteiger partial charge < -0.3 is 9.72 Å². The summed E-state index contributed by atoms with van der Waals surface area (Å²) in [5.41, 5.74) is 2.64. The number of benzene rings is 2. The summed E-state index contributed by atoms with van der Waals surface area (Å²) in [7, 11) is 1.62. The molecular weight excluding hydrogens is 439 g/mol. The zero-order valence-electron chi connectivity index (χ0n) is 16.8. The molecule has 1 N–H and O–H groups in total. The first-order chi connectivity index (χ1) is 14.4. The van der Waals surface area contributed by atoms with Crippen LogP contribution in [-0.2, 0) is 0 Å². The average Bonchev–Trinajstić information content (AvgIpc) is 2.73. The van der Waals surface area contributed by atoms with Crippen molar-refractivity contribution in [1.29, 1.82) is 0 Å². The molecule has 0 saturated carbocycles. The topological polar surface area (TPSA) is 55.0 Å². The first-order valence-corrected chi connectivity index (χ1v) is 10.9. The maximum absolute atomic E-state index is 12.5. The van der Waals surface area contributed by atoms with E-state index in [0.717, 1.165) is 16.9 Å². The highest BCUT2D eigenvalue weighted by Crippen LogP contribution is 2.35. The zero-order chi connectivity index (χ0) is 21.7. The molecule has 30 heavy (non-hydrogen) atoms. The molecule has 154 valence electrons. The quantitative estimate of drug-likeness (QED) is 0.303. The van der Waals surface area contributed by atoms with Gasteiger partial charge in [0.15, 0.2) is 5.16 Å². The number of aromatic nitrogens is 2. The van der Waals surface area contributed by atoms with Gasteiger partial charge in [0.2, 0.25) is 0 Å². The van der Waals surface area contributed by atoms with Gasteiger partial charge in [0, 0.05) is 27.1 Å². The minimum absolute atomic E-state index is 0.182. The molecule has 0 bridgehead atoms. The Morgan fingerprint density at radius 2 is 1.90 bits per heavy atom. The van der Waals surface area contributed by atoms with Gasteiger partial charge in [0.1, 0.15) is 5.75 Å². The van der Waals surface area contributed by atoms with Crippen LogP contribution in [0.5, 0.6) is 5.75 Å². The maximum Gasteiger partial charge on any atom is 0.254 e. The molecule has 0 aliphatic carbocycles. The van der Waals surface area contributed by atoms with Gasteiger partial charge in [0.25, 0.3) is 5.56 Å². The van der Waals surface area contributed by atoms with Gasteiger partial charge in [-0.3, -0.25) is 4.79 Å². The van der Waals surface area contributed by atoms with E-state index in [-0.39, 0.29) is 11.5 Å². The average molecular weight is 459 g/mol. The van der Waals surface area contributed by atoms with Crippen LogP contribution < -0.4 is 10.3 Å². The summed E-state index contributed by atoms with van der Waals surface area (Å²) in [4.78, 5) is 19.9. The fourth-order valence-electron chi connectivity index (χ4n) is 3.02. The number of thioether (sulfide) groups is 1. The molecule has 0 saturated heterocycles. The summed E-state index contributed by atoms with van der Waals surface area (Å²) in [5.74, 6) is 7.19. The second-order valence-electron chi connectivity index (χ2n) is 6.56. The smallest absolute Gasteiger partial charge is 0.254 e. The summed E-state index contributed by atoms with van der Waals surface area (Å²) in [5, 5.41) is 1.61. The summed E-state index contributed by atoms with van der Waals surface area (Å²) in [6, 6.07) is 12.9. The van der Waals surface area contributed by atoms with Crippen LogP contribution >= 0.6 is 35.0 Å². The van der Waals surface area contributed by atoms with Gasteiger partial charge in [-0.25, -0.2) is 4.98 Å². The minimum Gasteiger partial charge on any atom is -0.497 e. The molecule has 0 radical (unpaired) electrons. The van der Waals surface area contributed by atoms with Crippen molar-refractivity contribution in [2.75, 3.05) is 12.9 Å². The molecule has 2 aromatic carbocycles. The Morgan fingerprint density at radius 1 is 1.20 bits per heavy atom. The third-order valence-electron chi connectivity index (χ3n) is 4.59. The van der Waals surface area contributed by atoms with E-state index in [2.05, 4.69) is 21.8 Å². The highest BCUT2D eigenvalue weighted by molar-refractivity contribution is 7.99. The Bertz CT molecular complexity index is 1160. The number of nitrogens with zero attached hydrogens (tertiary/aromatic N) is 1. The normalized spacial score (nSPS) is 11.5. The highest BCUT2D eigenvalue weighted by atomic mass is 35.5. The van der Waals surface area contributed by atoms with Crippen molar-refractivity contribution in [2.24, 2.45) is 0 Å². The summed E-state index contributed by atoms with van der Waals surface area (Å²) < 4.78 is 5.20. The Morgan fingerprint density at radius 3 is 2.60 bits per heavy atom. The highest BCUT2D eigenvalue weighted by Gasteiger charge is 2.21. The van der Waals surface area contributed by atoms with Crippen LogP contribution in [0.2, 0.25) is 10.0 Å². The van der Waals surface area contributed by atoms with Crippen molar-refractivity contribution >= 4 is 35.0 Å².